The van der Waals surface area contributed by atoms with Crippen molar-refractivity contribution >= 4 is 5.97 Å². The molecule has 0 saturated carbocycles. The first-order valence-electron chi connectivity index (χ1n) is 8.95. The van der Waals surface area contributed by atoms with Gasteiger partial charge in [-0.1, -0.05) is 30.7 Å². The summed E-state index contributed by atoms with van der Waals surface area (Å²) in [5.74, 6) is -0.897. The van der Waals surface area contributed by atoms with Gasteiger partial charge in [0.1, 0.15) is 11.9 Å². The number of carbonyl (C=O) groups excluding carboxylic acids is 1. The Bertz CT molecular complexity index is 817. The molecular weight excluding hydrogens is 321 g/mol. The molecule has 0 amide bonds. The lowest BCUT2D eigenvalue weighted by molar-refractivity contribution is -0.150. The van der Waals surface area contributed by atoms with Crippen molar-refractivity contribution in [3.05, 3.63) is 58.9 Å². The first-order chi connectivity index (χ1) is 12.1. The molecule has 5 heteroatoms. The Morgan fingerprint density at radius 2 is 2.24 bits per heavy atom. The van der Waals surface area contributed by atoms with Gasteiger partial charge in [0.2, 0.25) is 0 Å². The van der Waals surface area contributed by atoms with E-state index in [2.05, 4.69) is 11.0 Å². The Hall–Kier alpha value is -1.98. The first kappa shape index (κ1) is 15.3. The van der Waals surface area contributed by atoms with E-state index in [-0.39, 0.29) is 11.6 Å². The molecule has 1 aromatic carbocycles. The number of aliphatic hydroxyl groups is 1. The van der Waals surface area contributed by atoms with E-state index in [0.717, 1.165) is 31.4 Å². The lowest BCUT2D eigenvalue weighted by atomic mass is 9.78. The van der Waals surface area contributed by atoms with Crippen LogP contribution in [-0.2, 0) is 9.53 Å². The predicted octanol–water partition coefficient (Wildman–Crippen LogP) is 2.65. The maximum atomic E-state index is 13.6. The number of nitrogens with zero attached hydrogens (tertiary/aromatic N) is 1. The number of hydrogen-bond donors (Lipinski definition) is 1. The molecule has 0 radical (unpaired) electrons. The molecule has 130 valence electrons. The van der Waals surface area contributed by atoms with Crippen LogP contribution in [0.4, 0.5) is 4.39 Å². The number of rotatable bonds is 2. The third-order valence-corrected chi connectivity index (χ3v) is 6.18. The van der Waals surface area contributed by atoms with E-state index >= 15 is 0 Å². The number of fused-ring (bicyclic) bond motifs is 3. The highest BCUT2D eigenvalue weighted by atomic mass is 19.1. The van der Waals surface area contributed by atoms with Crippen LogP contribution in [0.5, 0.6) is 0 Å². The second-order valence-corrected chi connectivity index (χ2v) is 7.44. The predicted molar refractivity (Wildman–Crippen MR) is 89.1 cm³/mol. The number of aliphatic hydroxyl groups excluding tert-OH is 1. The maximum absolute atomic E-state index is 13.6. The number of carbonyl (C=O) groups is 1. The van der Waals surface area contributed by atoms with Crippen LogP contribution in [-0.4, -0.2) is 40.2 Å². The van der Waals surface area contributed by atoms with Gasteiger partial charge in [0, 0.05) is 18.0 Å². The molecule has 1 aromatic rings. The topological polar surface area (TPSA) is 49.8 Å². The van der Waals surface area contributed by atoms with E-state index in [1.807, 2.05) is 6.08 Å². The third kappa shape index (κ3) is 2.02. The van der Waals surface area contributed by atoms with Gasteiger partial charge in [-0.3, -0.25) is 4.90 Å². The van der Waals surface area contributed by atoms with Crippen LogP contribution in [0.3, 0.4) is 0 Å². The Morgan fingerprint density at radius 3 is 3.08 bits per heavy atom. The Kier molecular flexibility index (Phi) is 3.21. The number of halogens is 1. The van der Waals surface area contributed by atoms with Crippen molar-refractivity contribution in [1.82, 2.24) is 4.90 Å². The van der Waals surface area contributed by atoms with Crippen LogP contribution >= 0.6 is 0 Å². The smallest absolute Gasteiger partial charge is 0.338 e. The van der Waals surface area contributed by atoms with E-state index in [0.29, 0.717) is 11.6 Å². The van der Waals surface area contributed by atoms with Gasteiger partial charge in [-0.15, -0.1) is 0 Å². The van der Waals surface area contributed by atoms with Crippen LogP contribution < -0.4 is 0 Å². The van der Waals surface area contributed by atoms with Crippen LogP contribution in [0.1, 0.15) is 37.4 Å². The fourth-order valence-corrected chi connectivity index (χ4v) is 5.15. The Balaban J connectivity index is 1.62. The molecule has 0 aromatic heterocycles. The number of ether oxygens (including phenoxy) is 1. The summed E-state index contributed by atoms with van der Waals surface area (Å²) in [7, 11) is 0. The molecule has 5 rings (SSSR count). The van der Waals surface area contributed by atoms with Crippen molar-refractivity contribution in [2.75, 3.05) is 6.54 Å². The van der Waals surface area contributed by atoms with Crippen molar-refractivity contribution in [2.45, 2.75) is 49.5 Å². The summed E-state index contributed by atoms with van der Waals surface area (Å²) in [6.07, 6.45) is 6.96. The van der Waals surface area contributed by atoms with Crippen molar-refractivity contribution < 1.29 is 19.0 Å². The second kappa shape index (κ2) is 5.26. The summed E-state index contributed by atoms with van der Waals surface area (Å²) in [6.45, 7) is 1.02. The minimum Gasteiger partial charge on any atom is -0.449 e. The normalized spacial score (nSPS) is 34.7. The average molecular weight is 341 g/mol. The van der Waals surface area contributed by atoms with E-state index in [4.69, 9.17) is 4.74 Å². The Morgan fingerprint density at radius 1 is 1.36 bits per heavy atom. The molecule has 25 heavy (non-hydrogen) atoms. The zero-order valence-corrected chi connectivity index (χ0v) is 13.8. The molecule has 1 unspecified atom stereocenters. The molecule has 1 aliphatic carbocycles. The highest BCUT2D eigenvalue weighted by Gasteiger charge is 2.62. The molecule has 2 fully saturated rings. The first-order valence-corrected chi connectivity index (χ1v) is 8.95. The van der Waals surface area contributed by atoms with Crippen LogP contribution in [0.25, 0.3) is 0 Å². The summed E-state index contributed by atoms with van der Waals surface area (Å²) < 4.78 is 19.5. The van der Waals surface area contributed by atoms with Gasteiger partial charge in [-0.05, 0) is 37.1 Å². The highest BCUT2D eigenvalue weighted by molar-refractivity contribution is 5.96. The minimum absolute atomic E-state index is 0.178. The number of piperidine rings is 1. The molecule has 2 saturated heterocycles. The number of benzene rings is 1. The van der Waals surface area contributed by atoms with Gasteiger partial charge in [0.05, 0.1) is 11.6 Å². The molecule has 4 nitrogen and oxygen atoms in total. The highest BCUT2D eigenvalue weighted by Crippen LogP contribution is 2.54. The van der Waals surface area contributed by atoms with Crippen molar-refractivity contribution in [3.8, 4) is 0 Å². The summed E-state index contributed by atoms with van der Waals surface area (Å²) >= 11 is 0. The SMILES string of the molecule is O=C1O[C@@]23C[C@@H](C=CC2=C1C(O)c1cccc(F)c1)N1CCCC[C@@H]13. The van der Waals surface area contributed by atoms with Crippen LogP contribution in [0.15, 0.2) is 47.6 Å². The fraction of sp³-hybridized carbons (Fsp3) is 0.450. The van der Waals surface area contributed by atoms with Crippen molar-refractivity contribution in [3.63, 3.8) is 0 Å². The standard InChI is InChI=1S/C20H20FNO3/c21-13-5-3-4-12(10-13)18(23)17-15-8-7-14-11-20(15,25-19(17)24)16-6-1-2-9-22(14)16/h3-5,7-8,10,14,16,18,23H,1-2,6,9,11H2/t14-,16-,18?,20+/m1/s1. The molecule has 3 heterocycles. The van der Waals surface area contributed by atoms with Crippen molar-refractivity contribution in [2.24, 2.45) is 0 Å². The summed E-state index contributed by atoms with van der Waals surface area (Å²) in [5, 5.41) is 10.8. The largest absolute Gasteiger partial charge is 0.449 e. The van der Waals surface area contributed by atoms with Gasteiger partial charge in [-0.25, -0.2) is 9.18 Å². The lowest BCUT2D eigenvalue weighted by Crippen LogP contribution is -2.48. The molecule has 1 spiro atoms. The molecular formula is C20H20FNO3. The number of hydrogen-bond acceptors (Lipinski definition) is 4. The maximum Gasteiger partial charge on any atom is 0.338 e. The zero-order chi connectivity index (χ0) is 17.2. The summed E-state index contributed by atoms with van der Waals surface area (Å²) in [4.78, 5) is 15.2. The lowest BCUT2D eigenvalue weighted by Gasteiger charge is -2.37. The van der Waals surface area contributed by atoms with Gasteiger partial charge in [0.25, 0.3) is 0 Å². The van der Waals surface area contributed by atoms with Crippen LogP contribution in [0, 0.1) is 5.82 Å². The summed E-state index contributed by atoms with van der Waals surface area (Å²) in [6, 6.07) is 6.25. The zero-order valence-electron chi connectivity index (χ0n) is 13.8. The summed E-state index contributed by atoms with van der Waals surface area (Å²) in [5.41, 5.74) is 0.804. The third-order valence-electron chi connectivity index (χ3n) is 6.18. The molecule has 4 atom stereocenters. The monoisotopic (exact) mass is 341 g/mol. The van der Waals surface area contributed by atoms with Gasteiger partial charge >= 0.3 is 5.97 Å². The van der Waals surface area contributed by atoms with E-state index in [1.54, 1.807) is 12.1 Å². The quantitative estimate of drug-likeness (QED) is 0.840. The van der Waals surface area contributed by atoms with Crippen molar-refractivity contribution in [1.29, 1.82) is 0 Å². The minimum atomic E-state index is -1.17. The number of esters is 1. The van der Waals surface area contributed by atoms with E-state index in [1.165, 1.54) is 18.6 Å². The molecule has 4 aliphatic rings. The fourth-order valence-electron chi connectivity index (χ4n) is 5.15. The second-order valence-electron chi connectivity index (χ2n) is 7.44. The van der Waals surface area contributed by atoms with E-state index in [9.17, 15) is 14.3 Å². The van der Waals surface area contributed by atoms with Crippen LogP contribution in [0.2, 0.25) is 0 Å². The Labute approximate surface area is 145 Å². The van der Waals surface area contributed by atoms with Gasteiger partial charge < -0.3 is 9.84 Å². The van der Waals surface area contributed by atoms with Gasteiger partial charge in [-0.2, -0.15) is 0 Å². The molecule has 3 aliphatic heterocycles. The van der Waals surface area contributed by atoms with Gasteiger partial charge in [0.15, 0.2) is 5.60 Å². The molecule has 1 N–H and O–H groups in total. The molecule has 2 bridgehead atoms. The average Bonchev–Trinajstić information content (AvgIpc) is 3.05. The van der Waals surface area contributed by atoms with E-state index < -0.39 is 23.5 Å².